The average Bonchev–Trinajstić information content (AvgIpc) is 3.03. The normalized spacial score (nSPS) is 15.3. The molecular formula is C19H21NO4. The number of fused-ring (bicyclic) bond motifs is 1. The Hall–Kier alpha value is -2.69. The van der Waals surface area contributed by atoms with Crippen molar-refractivity contribution in [3.05, 3.63) is 53.6 Å². The van der Waals surface area contributed by atoms with Crippen molar-refractivity contribution in [3.8, 4) is 17.2 Å². The summed E-state index contributed by atoms with van der Waals surface area (Å²) in [5, 5.41) is 2.94. The maximum Gasteiger partial charge on any atom is 0.224 e. The predicted molar refractivity (Wildman–Crippen MR) is 90.8 cm³/mol. The molecule has 1 unspecified atom stereocenters. The molecule has 0 saturated carbocycles. The van der Waals surface area contributed by atoms with E-state index >= 15 is 0 Å². The van der Waals surface area contributed by atoms with Crippen LogP contribution in [-0.4, -0.2) is 32.8 Å². The Morgan fingerprint density at radius 3 is 2.79 bits per heavy atom. The lowest BCUT2D eigenvalue weighted by atomic mass is 10.1. The van der Waals surface area contributed by atoms with Crippen molar-refractivity contribution in [1.82, 2.24) is 5.32 Å². The summed E-state index contributed by atoms with van der Waals surface area (Å²) in [5.74, 6) is 2.22. The fourth-order valence-corrected chi connectivity index (χ4v) is 2.85. The number of hydrogen-bond acceptors (Lipinski definition) is 4. The van der Waals surface area contributed by atoms with Crippen LogP contribution in [0.5, 0.6) is 17.2 Å². The van der Waals surface area contributed by atoms with E-state index in [0.29, 0.717) is 18.0 Å². The molecule has 0 bridgehead atoms. The second-order valence-corrected chi connectivity index (χ2v) is 5.71. The standard InChI is InChI=1S/C19H21NO4/c1-22-15-7-8-17(23-2)14(10-15)11-19(21)20-12-16-9-13-5-3-4-6-18(13)24-16/h3-8,10,16H,9,11-12H2,1-2H3,(H,20,21). The highest BCUT2D eigenvalue weighted by Gasteiger charge is 2.22. The Morgan fingerprint density at radius 2 is 2.04 bits per heavy atom. The van der Waals surface area contributed by atoms with Gasteiger partial charge in [-0.3, -0.25) is 4.79 Å². The molecule has 3 rings (SSSR count). The van der Waals surface area contributed by atoms with Crippen molar-refractivity contribution >= 4 is 5.91 Å². The van der Waals surface area contributed by atoms with Gasteiger partial charge in [0.2, 0.25) is 5.91 Å². The van der Waals surface area contributed by atoms with Crippen molar-refractivity contribution in [2.24, 2.45) is 0 Å². The van der Waals surface area contributed by atoms with E-state index in [1.807, 2.05) is 30.3 Å². The van der Waals surface area contributed by atoms with Gasteiger partial charge in [0.15, 0.2) is 0 Å². The van der Waals surface area contributed by atoms with Gasteiger partial charge in [0, 0.05) is 12.0 Å². The lowest BCUT2D eigenvalue weighted by molar-refractivity contribution is -0.120. The Morgan fingerprint density at radius 1 is 1.21 bits per heavy atom. The quantitative estimate of drug-likeness (QED) is 0.885. The molecule has 126 valence electrons. The Kier molecular flexibility index (Phi) is 4.89. The first-order valence-electron chi connectivity index (χ1n) is 7.91. The van der Waals surface area contributed by atoms with Crippen LogP contribution in [0.25, 0.3) is 0 Å². The number of carbonyl (C=O) groups is 1. The van der Waals surface area contributed by atoms with Crippen molar-refractivity contribution < 1.29 is 19.0 Å². The molecule has 1 aliphatic heterocycles. The molecule has 0 saturated heterocycles. The van der Waals surface area contributed by atoms with Gasteiger partial charge in [-0.2, -0.15) is 0 Å². The molecule has 2 aromatic carbocycles. The minimum atomic E-state index is -0.0684. The van der Waals surface area contributed by atoms with Crippen LogP contribution in [0.15, 0.2) is 42.5 Å². The number of para-hydroxylation sites is 1. The number of hydrogen-bond donors (Lipinski definition) is 1. The zero-order valence-corrected chi connectivity index (χ0v) is 13.9. The first-order valence-corrected chi connectivity index (χ1v) is 7.91. The minimum absolute atomic E-state index is 0.0152. The van der Waals surface area contributed by atoms with E-state index in [1.165, 1.54) is 5.56 Å². The van der Waals surface area contributed by atoms with Crippen LogP contribution in [0.4, 0.5) is 0 Å². The number of amides is 1. The predicted octanol–water partition coefficient (Wildman–Crippen LogP) is 2.37. The number of rotatable bonds is 6. The monoisotopic (exact) mass is 327 g/mol. The number of nitrogens with one attached hydrogen (secondary N) is 1. The summed E-state index contributed by atoms with van der Waals surface area (Å²) < 4.78 is 16.3. The highest BCUT2D eigenvalue weighted by atomic mass is 16.5. The third kappa shape index (κ3) is 3.62. The Balaban J connectivity index is 1.55. The molecule has 0 aliphatic carbocycles. The summed E-state index contributed by atoms with van der Waals surface area (Å²) in [7, 11) is 3.19. The molecule has 1 amide bonds. The van der Waals surface area contributed by atoms with E-state index < -0.39 is 0 Å². The largest absolute Gasteiger partial charge is 0.497 e. The molecular weight excluding hydrogens is 306 g/mol. The first kappa shape index (κ1) is 16.2. The molecule has 1 heterocycles. The number of methoxy groups -OCH3 is 2. The summed E-state index contributed by atoms with van der Waals surface area (Å²) in [4.78, 5) is 12.2. The number of carbonyl (C=O) groups excluding carboxylic acids is 1. The van der Waals surface area contributed by atoms with Crippen LogP contribution < -0.4 is 19.5 Å². The summed E-state index contributed by atoms with van der Waals surface area (Å²) in [6.45, 7) is 0.486. The zero-order chi connectivity index (χ0) is 16.9. The molecule has 1 aliphatic rings. The number of ether oxygens (including phenoxy) is 3. The first-order chi connectivity index (χ1) is 11.7. The van der Waals surface area contributed by atoms with Crippen LogP contribution in [0.1, 0.15) is 11.1 Å². The molecule has 5 nitrogen and oxygen atoms in total. The van der Waals surface area contributed by atoms with Crippen LogP contribution in [0, 0.1) is 0 Å². The Bertz CT molecular complexity index is 704. The minimum Gasteiger partial charge on any atom is -0.497 e. The van der Waals surface area contributed by atoms with Gasteiger partial charge < -0.3 is 19.5 Å². The lowest BCUT2D eigenvalue weighted by Crippen LogP contribution is -2.35. The summed E-state index contributed by atoms with van der Waals surface area (Å²) in [6, 6.07) is 13.4. The SMILES string of the molecule is COc1ccc(OC)c(CC(=O)NCC2Cc3ccccc3O2)c1. The van der Waals surface area contributed by atoms with E-state index in [2.05, 4.69) is 11.4 Å². The van der Waals surface area contributed by atoms with Crippen LogP contribution in [-0.2, 0) is 17.6 Å². The molecule has 0 spiro atoms. The second-order valence-electron chi connectivity index (χ2n) is 5.71. The maximum atomic E-state index is 12.2. The topological polar surface area (TPSA) is 56.8 Å². The van der Waals surface area contributed by atoms with Gasteiger partial charge in [0.1, 0.15) is 23.4 Å². The van der Waals surface area contributed by atoms with Gasteiger partial charge in [-0.15, -0.1) is 0 Å². The van der Waals surface area contributed by atoms with Gasteiger partial charge in [0.25, 0.3) is 0 Å². The molecule has 0 aromatic heterocycles. The summed E-state index contributed by atoms with van der Waals surface area (Å²) >= 11 is 0. The van der Waals surface area contributed by atoms with Crippen LogP contribution >= 0.6 is 0 Å². The van der Waals surface area contributed by atoms with Crippen molar-refractivity contribution in [2.75, 3.05) is 20.8 Å². The molecule has 0 fully saturated rings. The Labute approximate surface area is 141 Å². The smallest absolute Gasteiger partial charge is 0.224 e. The van der Waals surface area contributed by atoms with Gasteiger partial charge in [-0.25, -0.2) is 0 Å². The van der Waals surface area contributed by atoms with Crippen LogP contribution in [0.2, 0.25) is 0 Å². The van der Waals surface area contributed by atoms with E-state index in [9.17, 15) is 4.79 Å². The molecule has 5 heteroatoms. The van der Waals surface area contributed by atoms with Crippen molar-refractivity contribution in [2.45, 2.75) is 18.9 Å². The molecule has 2 aromatic rings. The van der Waals surface area contributed by atoms with E-state index in [0.717, 1.165) is 17.7 Å². The number of benzene rings is 2. The third-order valence-electron chi connectivity index (χ3n) is 4.08. The second kappa shape index (κ2) is 7.25. The van der Waals surface area contributed by atoms with Gasteiger partial charge in [-0.05, 0) is 29.8 Å². The molecule has 1 N–H and O–H groups in total. The van der Waals surface area contributed by atoms with Gasteiger partial charge >= 0.3 is 0 Å². The maximum absolute atomic E-state index is 12.2. The highest BCUT2D eigenvalue weighted by molar-refractivity contribution is 5.79. The fourth-order valence-electron chi connectivity index (χ4n) is 2.85. The lowest BCUT2D eigenvalue weighted by Gasteiger charge is -2.13. The van der Waals surface area contributed by atoms with E-state index in [4.69, 9.17) is 14.2 Å². The molecule has 0 radical (unpaired) electrons. The molecule has 1 atom stereocenters. The van der Waals surface area contributed by atoms with Crippen LogP contribution in [0.3, 0.4) is 0 Å². The average molecular weight is 327 g/mol. The summed E-state index contributed by atoms with van der Waals surface area (Å²) in [5.41, 5.74) is 1.98. The van der Waals surface area contributed by atoms with Gasteiger partial charge in [0.05, 0.1) is 27.2 Å². The van der Waals surface area contributed by atoms with Crippen molar-refractivity contribution in [3.63, 3.8) is 0 Å². The van der Waals surface area contributed by atoms with Gasteiger partial charge in [-0.1, -0.05) is 18.2 Å². The summed E-state index contributed by atoms with van der Waals surface area (Å²) in [6.07, 6.45) is 1.04. The van der Waals surface area contributed by atoms with Crippen molar-refractivity contribution in [1.29, 1.82) is 0 Å². The van der Waals surface area contributed by atoms with E-state index in [-0.39, 0.29) is 18.4 Å². The zero-order valence-electron chi connectivity index (χ0n) is 13.9. The van der Waals surface area contributed by atoms with E-state index in [1.54, 1.807) is 20.3 Å². The third-order valence-corrected chi connectivity index (χ3v) is 4.08. The fraction of sp³-hybridized carbons (Fsp3) is 0.316. The molecule has 24 heavy (non-hydrogen) atoms. The highest BCUT2D eigenvalue weighted by Crippen LogP contribution is 2.28.